The van der Waals surface area contributed by atoms with Gasteiger partial charge in [0.1, 0.15) is 6.61 Å². The Morgan fingerprint density at radius 3 is 2.28 bits per heavy atom. The van der Waals surface area contributed by atoms with E-state index in [-0.39, 0.29) is 30.6 Å². The molecule has 0 saturated heterocycles. The van der Waals surface area contributed by atoms with Crippen molar-refractivity contribution in [1.82, 2.24) is 20.4 Å². The van der Waals surface area contributed by atoms with Gasteiger partial charge in [-0.25, -0.2) is 4.99 Å². The van der Waals surface area contributed by atoms with Crippen LogP contribution in [0, 0.1) is 0 Å². The largest absolute Gasteiger partial charge is 0.411 e. The molecule has 0 unspecified atom stereocenters. The molecule has 32 heavy (non-hydrogen) atoms. The summed E-state index contributed by atoms with van der Waals surface area (Å²) in [4.78, 5) is 4.63. The first kappa shape index (κ1) is 28.2. The maximum Gasteiger partial charge on any atom is 0.411 e. The van der Waals surface area contributed by atoms with Gasteiger partial charge in [-0.3, -0.25) is 4.68 Å². The van der Waals surface area contributed by atoms with Crippen LogP contribution in [0.5, 0.6) is 0 Å². The van der Waals surface area contributed by atoms with Crippen LogP contribution in [0.2, 0.25) is 0 Å². The van der Waals surface area contributed by atoms with Crippen LogP contribution in [0.1, 0.15) is 48.8 Å². The fraction of sp³-hybridized carbons (Fsp3) is 0.545. The van der Waals surface area contributed by atoms with E-state index >= 15 is 0 Å². The Hall–Kier alpha value is -1.82. The Labute approximate surface area is 205 Å². The standard InChI is InChI=1S/C22H32F3N5O.HI/c1-5-19-18(20(6-2)30(4)29-19)13-28-21(26-7-3)27-12-16-8-10-17(11-9-16)14-31-15-22(23,24)25;/h8-11H,5-7,12-15H2,1-4H3,(H2,26,27,28);1H. The predicted octanol–water partition coefficient (Wildman–Crippen LogP) is 4.50. The minimum Gasteiger partial charge on any atom is -0.367 e. The normalized spacial score (nSPS) is 11.9. The Bertz CT molecular complexity index is 850. The second kappa shape index (κ2) is 13.7. The van der Waals surface area contributed by atoms with Crippen molar-refractivity contribution in [3.8, 4) is 0 Å². The van der Waals surface area contributed by atoms with E-state index in [1.807, 2.05) is 30.8 Å². The van der Waals surface area contributed by atoms with Crippen molar-refractivity contribution in [2.24, 2.45) is 12.0 Å². The predicted molar refractivity (Wildman–Crippen MR) is 131 cm³/mol. The number of hydrogen-bond acceptors (Lipinski definition) is 3. The second-order valence-electron chi connectivity index (χ2n) is 7.18. The van der Waals surface area contributed by atoms with Gasteiger partial charge in [0.2, 0.25) is 0 Å². The monoisotopic (exact) mass is 567 g/mol. The summed E-state index contributed by atoms with van der Waals surface area (Å²) in [6.07, 6.45) is -2.53. The van der Waals surface area contributed by atoms with Crippen molar-refractivity contribution >= 4 is 29.9 Å². The molecule has 0 amide bonds. The number of guanidine groups is 1. The van der Waals surface area contributed by atoms with Crippen LogP contribution in [-0.2, 0) is 44.3 Å². The van der Waals surface area contributed by atoms with Gasteiger partial charge in [-0.2, -0.15) is 18.3 Å². The molecule has 0 spiro atoms. The van der Waals surface area contributed by atoms with Gasteiger partial charge in [0.05, 0.1) is 18.8 Å². The van der Waals surface area contributed by atoms with Crippen LogP contribution in [0.3, 0.4) is 0 Å². The molecular formula is C22H33F3IN5O. The zero-order valence-corrected chi connectivity index (χ0v) is 21.4. The lowest BCUT2D eigenvalue weighted by Gasteiger charge is -2.13. The molecule has 0 saturated carbocycles. The topological polar surface area (TPSA) is 63.5 Å². The molecule has 0 radical (unpaired) electrons. The molecule has 1 aromatic heterocycles. The van der Waals surface area contributed by atoms with Crippen LogP contribution < -0.4 is 10.6 Å². The number of rotatable bonds is 10. The lowest BCUT2D eigenvalue weighted by Crippen LogP contribution is -2.37. The van der Waals surface area contributed by atoms with Crippen LogP contribution in [0.25, 0.3) is 0 Å². The van der Waals surface area contributed by atoms with Gasteiger partial charge in [-0.1, -0.05) is 38.1 Å². The van der Waals surface area contributed by atoms with Crippen molar-refractivity contribution < 1.29 is 17.9 Å². The molecule has 6 nitrogen and oxygen atoms in total. The highest BCUT2D eigenvalue weighted by Crippen LogP contribution is 2.16. The van der Waals surface area contributed by atoms with E-state index < -0.39 is 12.8 Å². The minimum absolute atomic E-state index is 0. The van der Waals surface area contributed by atoms with Crippen LogP contribution in [-0.4, -0.2) is 35.1 Å². The maximum atomic E-state index is 12.2. The smallest absolute Gasteiger partial charge is 0.367 e. The molecule has 0 aliphatic carbocycles. The summed E-state index contributed by atoms with van der Waals surface area (Å²) in [7, 11) is 1.97. The number of nitrogens with one attached hydrogen (secondary N) is 2. The minimum atomic E-state index is -4.31. The summed E-state index contributed by atoms with van der Waals surface area (Å²) in [5.41, 5.74) is 5.16. The van der Waals surface area contributed by atoms with Gasteiger partial charge < -0.3 is 15.4 Å². The third-order valence-corrected chi connectivity index (χ3v) is 4.78. The van der Waals surface area contributed by atoms with E-state index in [0.717, 1.165) is 30.6 Å². The fourth-order valence-electron chi connectivity index (χ4n) is 3.30. The number of benzene rings is 1. The molecule has 2 N–H and O–H groups in total. The summed E-state index contributed by atoms with van der Waals surface area (Å²) in [5, 5.41) is 11.2. The number of nitrogens with zero attached hydrogens (tertiary/aromatic N) is 3. The first-order valence-corrected chi connectivity index (χ1v) is 10.5. The van der Waals surface area contributed by atoms with E-state index in [4.69, 9.17) is 0 Å². The first-order chi connectivity index (χ1) is 14.8. The lowest BCUT2D eigenvalue weighted by molar-refractivity contribution is -0.176. The third kappa shape index (κ3) is 8.97. The second-order valence-corrected chi connectivity index (χ2v) is 7.18. The summed E-state index contributed by atoms with van der Waals surface area (Å²) >= 11 is 0. The Balaban J connectivity index is 0.00000512. The third-order valence-electron chi connectivity index (χ3n) is 4.78. The number of aromatic nitrogens is 2. The van der Waals surface area contributed by atoms with Crippen molar-refractivity contribution in [3.63, 3.8) is 0 Å². The summed E-state index contributed by atoms with van der Waals surface area (Å²) < 4.78 is 43.1. The van der Waals surface area contributed by atoms with Gasteiger partial charge >= 0.3 is 6.18 Å². The quantitative estimate of drug-likeness (QED) is 0.252. The summed E-state index contributed by atoms with van der Waals surface area (Å²) in [5.74, 6) is 0.702. The molecule has 180 valence electrons. The highest BCUT2D eigenvalue weighted by atomic mass is 127. The van der Waals surface area contributed by atoms with Crippen LogP contribution >= 0.6 is 24.0 Å². The zero-order valence-electron chi connectivity index (χ0n) is 19.1. The van der Waals surface area contributed by atoms with Gasteiger partial charge in [-0.05, 0) is 30.9 Å². The number of alkyl halides is 3. The molecule has 2 rings (SSSR count). The van der Waals surface area contributed by atoms with Gasteiger partial charge in [-0.15, -0.1) is 24.0 Å². The van der Waals surface area contributed by atoms with Crippen LogP contribution in [0.4, 0.5) is 13.2 Å². The van der Waals surface area contributed by atoms with E-state index in [1.165, 1.54) is 11.3 Å². The van der Waals surface area contributed by atoms with E-state index in [0.29, 0.717) is 24.6 Å². The lowest BCUT2D eigenvalue weighted by atomic mass is 10.1. The van der Waals surface area contributed by atoms with Crippen molar-refractivity contribution in [2.45, 2.75) is 59.5 Å². The number of halogens is 4. The molecule has 2 aromatic rings. The zero-order chi connectivity index (χ0) is 22.9. The number of ether oxygens (including phenoxy) is 1. The highest BCUT2D eigenvalue weighted by Gasteiger charge is 2.27. The van der Waals surface area contributed by atoms with Crippen LogP contribution in [0.15, 0.2) is 29.3 Å². The molecule has 0 aliphatic heterocycles. The number of hydrogen-bond donors (Lipinski definition) is 2. The molecule has 10 heteroatoms. The van der Waals surface area contributed by atoms with Gasteiger partial charge in [0.25, 0.3) is 0 Å². The highest BCUT2D eigenvalue weighted by molar-refractivity contribution is 14.0. The van der Waals surface area contributed by atoms with E-state index in [1.54, 1.807) is 12.1 Å². The molecule has 0 fully saturated rings. The molecule has 0 aliphatic rings. The molecule has 1 aromatic carbocycles. The Morgan fingerprint density at radius 2 is 1.72 bits per heavy atom. The van der Waals surface area contributed by atoms with Gasteiger partial charge in [0.15, 0.2) is 5.96 Å². The van der Waals surface area contributed by atoms with E-state index in [9.17, 15) is 13.2 Å². The molecule has 0 atom stereocenters. The van der Waals surface area contributed by atoms with Crippen molar-refractivity contribution in [2.75, 3.05) is 13.2 Å². The maximum absolute atomic E-state index is 12.2. The number of aliphatic imine (C=N–C) groups is 1. The van der Waals surface area contributed by atoms with E-state index in [2.05, 4.69) is 39.3 Å². The summed E-state index contributed by atoms with van der Waals surface area (Å²) in [6.45, 7) is 6.74. The molecule has 0 bridgehead atoms. The molecular weight excluding hydrogens is 534 g/mol. The average molecular weight is 567 g/mol. The van der Waals surface area contributed by atoms with Gasteiger partial charge in [0, 0.05) is 31.4 Å². The summed E-state index contributed by atoms with van der Waals surface area (Å²) in [6, 6.07) is 7.23. The van der Waals surface area contributed by atoms with Crippen molar-refractivity contribution in [1.29, 1.82) is 0 Å². The molecule has 1 heterocycles. The first-order valence-electron chi connectivity index (χ1n) is 10.5. The number of aryl methyl sites for hydroxylation is 2. The SMILES string of the molecule is CCNC(=NCc1ccc(COCC(F)(F)F)cc1)NCc1c(CC)nn(C)c1CC.I. The fourth-order valence-corrected chi connectivity index (χ4v) is 3.30. The Kier molecular flexibility index (Phi) is 12.0. The Morgan fingerprint density at radius 1 is 1.06 bits per heavy atom. The van der Waals surface area contributed by atoms with Crippen molar-refractivity contribution in [3.05, 3.63) is 52.3 Å². The average Bonchev–Trinajstić information content (AvgIpc) is 3.04.